The summed E-state index contributed by atoms with van der Waals surface area (Å²) >= 11 is 0. The minimum absolute atomic E-state index is 0.0688. The molecule has 1 unspecified atom stereocenters. The molecule has 1 N–H and O–H groups in total. The number of nitrogens with zero attached hydrogens (tertiary/aromatic N) is 1. The molecule has 0 aromatic carbocycles. The van der Waals surface area contributed by atoms with Gasteiger partial charge in [-0.3, -0.25) is 9.69 Å². The van der Waals surface area contributed by atoms with E-state index in [0.29, 0.717) is 5.92 Å². The summed E-state index contributed by atoms with van der Waals surface area (Å²) in [5, 5.41) is 9.82. The van der Waals surface area contributed by atoms with Gasteiger partial charge >= 0.3 is 5.97 Å². The number of carbonyl (C=O) groups is 1. The second-order valence-electron chi connectivity index (χ2n) is 9.56. The van der Waals surface area contributed by atoms with Crippen LogP contribution in [0.15, 0.2) is 0 Å². The molecule has 1 aliphatic heterocycles. The Kier molecular flexibility index (Phi) is 8.94. The highest BCUT2D eigenvalue weighted by Crippen LogP contribution is 2.44. The Balaban J connectivity index is 2.47. The largest absolute Gasteiger partial charge is 0.481 e. The molecule has 3 heteroatoms. The first-order chi connectivity index (χ1) is 11.6. The molecule has 0 aliphatic carbocycles. The minimum atomic E-state index is -0.580. The molecule has 25 heavy (non-hydrogen) atoms. The Hall–Kier alpha value is -0.570. The molecule has 1 heterocycles. The van der Waals surface area contributed by atoms with Crippen LogP contribution in [0.5, 0.6) is 0 Å². The van der Waals surface area contributed by atoms with Crippen LogP contribution < -0.4 is 0 Å². The van der Waals surface area contributed by atoms with Crippen LogP contribution in [0.1, 0.15) is 105 Å². The Labute approximate surface area is 156 Å². The van der Waals surface area contributed by atoms with Gasteiger partial charge in [0.15, 0.2) is 0 Å². The predicted molar refractivity (Wildman–Crippen MR) is 107 cm³/mol. The highest BCUT2D eigenvalue weighted by molar-refractivity contribution is 5.70. The van der Waals surface area contributed by atoms with Crippen molar-refractivity contribution in [3.63, 3.8) is 0 Å². The third-order valence-corrected chi connectivity index (χ3v) is 6.59. The smallest absolute Gasteiger partial charge is 0.306 e. The lowest BCUT2D eigenvalue weighted by Gasteiger charge is -2.54. The second-order valence-corrected chi connectivity index (χ2v) is 9.56. The summed E-state index contributed by atoms with van der Waals surface area (Å²) in [6.45, 7) is 11.3. The van der Waals surface area contributed by atoms with Crippen molar-refractivity contribution in [3.8, 4) is 0 Å². The van der Waals surface area contributed by atoms with E-state index in [1.54, 1.807) is 0 Å². The number of piperidine rings is 1. The highest BCUT2D eigenvalue weighted by atomic mass is 16.4. The molecule has 0 aromatic rings. The van der Waals surface area contributed by atoms with Crippen LogP contribution in [0.2, 0.25) is 0 Å². The van der Waals surface area contributed by atoms with Gasteiger partial charge in [0.25, 0.3) is 0 Å². The fourth-order valence-electron chi connectivity index (χ4n) is 4.79. The summed E-state index contributed by atoms with van der Waals surface area (Å²) in [4.78, 5) is 14.4. The number of hydrogen-bond donors (Lipinski definition) is 1. The van der Waals surface area contributed by atoms with Crippen LogP contribution >= 0.6 is 0 Å². The average molecular weight is 354 g/mol. The number of carboxylic acid groups (broad SMARTS) is 1. The number of aliphatic carboxylic acids is 1. The molecule has 0 bridgehead atoms. The predicted octanol–water partition coefficient (Wildman–Crippen LogP) is 6.12. The number of unbranched alkanes of at least 4 members (excludes halogenated alkanes) is 7. The monoisotopic (exact) mass is 353 g/mol. The van der Waals surface area contributed by atoms with Crippen molar-refractivity contribution in [1.82, 2.24) is 4.90 Å². The van der Waals surface area contributed by atoms with E-state index in [9.17, 15) is 9.90 Å². The molecule has 148 valence electrons. The van der Waals surface area contributed by atoms with Gasteiger partial charge < -0.3 is 5.11 Å². The van der Waals surface area contributed by atoms with Crippen LogP contribution in [-0.2, 0) is 4.79 Å². The number of rotatable bonds is 11. The maximum Gasteiger partial charge on any atom is 0.306 e. The van der Waals surface area contributed by atoms with Gasteiger partial charge in [-0.15, -0.1) is 0 Å². The average Bonchev–Trinajstić information content (AvgIpc) is 2.50. The van der Waals surface area contributed by atoms with Crippen molar-refractivity contribution in [2.45, 2.75) is 116 Å². The lowest BCUT2D eigenvalue weighted by Crippen LogP contribution is -2.59. The van der Waals surface area contributed by atoms with Crippen LogP contribution in [0.3, 0.4) is 0 Å². The summed E-state index contributed by atoms with van der Waals surface area (Å²) in [6.07, 6.45) is 13.0. The van der Waals surface area contributed by atoms with Crippen LogP contribution in [0.25, 0.3) is 0 Å². The zero-order chi connectivity index (χ0) is 19.1. The fraction of sp³-hybridized carbons (Fsp3) is 0.955. The van der Waals surface area contributed by atoms with E-state index in [-0.39, 0.29) is 17.0 Å². The van der Waals surface area contributed by atoms with Gasteiger partial charge in [-0.1, -0.05) is 58.3 Å². The van der Waals surface area contributed by atoms with E-state index in [2.05, 4.69) is 46.6 Å². The topological polar surface area (TPSA) is 40.5 Å². The fourth-order valence-corrected chi connectivity index (χ4v) is 4.79. The molecule has 1 aliphatic rings. The normalized spacial score (nSPS) is 22.0. The first-order valence-corrected chi connectivity index (χ1v) is 10.6. The SMILES string of the molecule is CCCCCCCCCCC(C(=O)O)C1CC(C)(C)N(C)C(C)(C)C1. The maximum absolute atomic E-state index is 11.9. The van der Waals surface area contributed by atoms with Gasteiger partial charge in [-0.05, 0) is 59.9 Å². The summed E-state index contributed by atoms with van der Waals surface area (Å²) in [7, 11) is 2.19. The second kappa shape index (κ2) is 9.94. The molecule has 1 saturated heterocycles. The lowest BCUT2D eigenvalue weighted by atomic mass is 9.68. The number of carboxylic acids is 1. The van der Waals surface area contributed by atoms with Gasteiger partial charge in [0, 0.05) is 11.1 Å². The van der Waals surface area contributed by atoms with Gasteiger partial charge in [0.2, 0.25) is 0 Å². The Morgan fingerprint density at radius 3 is 1.84 bits per heavy atom. The van der Waals surface area contributed by atoms with Crippen molar-refractivity contribution in [1.29, 1.82) is 0 Å². The molecule has 0 aromatic heterocycles. The molecule has 1 fully saturated rings. The number of hydrogen-bond acceptors (Lipinski definition) is 2. The first-order valence-electron chi connectivity index (χ1n) is 10.6. The summed E-state index contributed by atoms with van der Waals surface area (Å²) < 4.78 is 0. The molecule has 0 radical (unpaired) electrons. The summed E-state index contributed by atoms with van der Waals surface area (Å²) in [5.41, 5.74) is 0.138. The molecular weight excluding hydrogens is 310 g/mol. The van der Waals surface area contributed by atoms with E-state index in [0.717, 1.165) is 25.7 Å². The molecule has 1 atom stereocenters. The Morgan fingerprint density at radius 2 is 1.40 bits per heavy atom. The third kappa shape index (κ3) is 6.92. The van der Waals surface area contributed by atoms with Crippen molar-refractivity contribution in [2.75, 3.05) is 7.05 Å². The zero-order valence-electron chi connectivity index (χ0n) is 17.7. The van der Waals surface area contributed by atoms with Crippen LogP contribution in [0, 0.1) is 11.8 Å². The molecule has 0 saturated carbocycles. The molecule has 1 rings (SSSR count). The van der Waals surface area contributed by atoms with Crippen LogP contribution in [0.4, 0.5) is 0 Å². The lowest BCUT2D eigenvalue weighted by molar-refractivity contribution is -0.147. The summed E-state index contributed by atoms with van der Waals surface area (Å²) in [6, 6.07) is 0. The van der Waals surface area contributed by atoms with Gasteiger partial charge in [-0.25, -0.2) is 0 Å². The van der Waals surface area contributed by atoms with Crippen molar-refractivity contribution in [2.24, 2.45) is 11.8 Å². The third-order valence-electron chi connectivity index (χ3n) is 6.59. The van der Waals surface area contributed by atoms with E-state index < -0.39 is 5.97 Å². The Bertz CT molecular complexity index is 385. The van der Waals surface area contributed by atoms with Gasteiger partial charge in [0.05, 0.1) is 5.92 Å². The quantitative estimate of drug-likeness (QED) is 0.455. The molecule has 0 amide bonds. The molecule has 0 spiro atoms. The standard InChI is InChI=1S/C22H43NO2/c1-7-8-9-10-11-12-13-14-15-19(20(24)25)18-16-21(2,3)23(6)22(4,5)17-18/h18-19H,7-17H2,1-6H3,(H,24,25). The Morgan fingerprint density at radius 1 is 0.960 bits per heavy atom. The van der Waals surface area contributed by atoms with E-state index in [1.807, 2.05) is 0 Å². The van der Waals surface area contributed by atoms with Crippen molar-refractivity contribution >= 4 is 5.97 Å². The zero-order valence-corrected chi connectivity index (χ0v) is 17.7. The van der Waals surface area contributed by atoms with Crippen molar-refractivity contribution in [3.05, 3.63) is 0 Å². The van der Waals surface area contributed by atoms with E-state index >= 15 is 0 Å². The van der Waals surface area contributed by atoms with Gasteiger partial charge in [0.1, 0.15) is 0 Å². The molecule has 3 nitrogen and oxygen atoms in total. The van der Waals surface area contributed by atoms with Crippen molar-refractivity contribution < 1.29 is 9.90 Å². The van der Waals surface area contributed by atoms with Crippen LogP contribution in [-0.4, -0.2) is 34.1 Å². The number of likely N-dealkylation sites (tertiary alicyclic amines) is 1. The molecular formula is C22H43NO2. The first kappa shape index (κ1) is 22.5. The van der Waals surface area contributed by atoms with E-state index in [4.69, 9.17) is 0 Å². The maximum atomic E-state index is 11.9. The van der Waals surface area contributed by atoms with E-state index in [1.165, 1.54) is 44.9 Å². The highest BCUT2D eigenvalue weighted by Gasteiger charge is 2.46. The summed E-state index contributed by atoms with van der Waals surface area (Å²) in [5.74, 6) is -0.459. The van der Waals surface area contributed by atoms with Gasteiger partial charge in [-0.2, -0.15) is 0 Å². The minimum Gasteiger partial charge on any atom is -0.481 e.